The summed E-state index contributed by atoms with van der Waals surface area (Å²) in [5.74, 6) is 1.87. The fourth-order valence-electron chi connectivity index (χ4n) is 4.15. The second-order valence-electron chi connectivity index (χ2n) is 8.29. The van der Waals surface area contributed by atoms with E-state index in [1.807, 2.05) is 73.7 Å². The third-order valence-electron chi connectivity index (χ3n) is 5.90. The molecule has 5 nitrogen and oxygen atoms in total. The lowest BCUT2D eigenvalue weighted by Crippen LogP contribution is -2.25. The van der Waals surface area contributed by atoms with Crippen molar-refractivity contribution in [3.05, 3.63) is 108 Å². The number of rotatable bonds is 11. The monoisotopic (exact) mass is 453 g/mol. The van der Waals surface area contributed by atoms with Crippen molar-refractivity contribution in [1.82, 2.24) is 14.9 Å². The Hall–Kier alpha value is -3.86. The first-order valence-electron chi connectivity index (χ1n) is 11.8. The lowest BCUT2D eigenvalue weighted by molar-refractivity contribution is 0.0952. The number of hydrogen-bond donors (Lipinski definition) is 1. The Morgan fingerprint density at radius 3 is 2.68 bits per heavy atom. The standard InChI is InChI=1S/C29H31N3O2/c1-3-11-23-13-5-9-17-27(23)34-21-20-32-26-16-8-7-15-25(26)31-28(32)18-10-19-30-29(33)24-14-6-4-12-22(24)2/h3-9,12-17H,1,10-11,18-21H2,2H3,(H,30,33). The molecular formula is C29H31N3O2. The van der Waals surface area contributed by atoms with E-state index in [0.29, 0.717) is 19.7 Å². The number of nitrogens with one attached hydrogen (secondary N) is 1. The van der Waals surface area contributed by atoms with Crippen LogP contribution in [-0.4, -0.2) is 28.6 Å². The zero-order valence-corrected chi connectivity index (χ0v) is 19.7. The molecule has 4 rings (SSSR count). The molecule has 0 saturated carbocycles. The first kappa shape index (κ1) is 23.3. The van der Waals surface area contributed by atoms with Gasteiger partial charge in [0.15, 0.2) is 0 Å². The molecule has 0 fully saturated rings. The summed E-state index contributed by atoms with van der Waals surface area (Å²) in [5, 5.41) is 3.04. The van der Waals surface area contributed by atoms with Crippen LogP contribution >= 0.6 is 0 Å². The van der Waals surface area contributed by atoms with Gasteiger partial charge in [0.05, 0.1) is 17.6 Å². The fourth-order valence-corrected chi connectivity index (χ4v) is 4.15. The molecule has 1 heterocycles. The van der Waals surface area contributed by atoms with Gasteiger partial charge in [-0.1, -0.05) is 54.6 Å². The number of carbonyl (C=O) groups is 1. The predicted octanol–water partition coefficient (Wildman–Crippen LogP) is 5.51. The van der Waals surface area contributed by atoms with E-state index >= 15 is 0 Å². The van der Waals surface area contributed by atoms with Crippen LogP contribution in [0.25, 0.3) is 11.0 Å². The first-order valence-corrected chi connectivity index (χ1v) is 11.8. The summed E-state index contributed by atoms with van der Waals surface area (Å²) in [5.41, 5.74) is 4.93. The van der Waals surface area contributed by atoms with Crippen LogP contribution < -0.4 is 10.1 Å². The van der Waals surface area contributed by atoms with E-state index in [4.69, 9.17) is 9.72 Å². The molecule has 0 saturated heterocycles. The van der Waals surface area contributed by atoms with Crippen molar-refractivity contribution in [2.24, 2.45) is 0 Å². The third kappa shape index (κ3) is 5.54. The van der Waals surface area contributed by atoms with Gasteiger partial charge in [0.2, 0.25) is 0 Å². The molecule has 34 heavy (non-hydrogen) atoms. The topological polar surface area (TPSA) is 56.1 Å². The number of para-hydroxylation sites is 3. The molecule has 0 aliphatic rings. The minimum atomic E-state index is -0.0295. The van der Waals surface area contributed by atoms with Crippen molar-refractivity contribution >= 4 is 16.9 Å². The summed E-state index contributed by atoms with van der Waals surface area (Å²) < 4.78 is 8.36. The number of nitrogens with zero attached hydrogens (tertiary/aromatic N) is 2. The molecule has 0 aliphatic carbocycles. The quantitative estimate of drug-likeness (QED) is 0.240. The first-order chi connectivity index (χ1) is 16.7. The summed E-state index contributed by atoms with van der Waals surface area (Å²) in [4.78, 5) is 17.3. The van der Waals surface area contributed by atoms with Crippen molar-refractivity contribution in [3.63, 3.8) is 0 Å². The number of amides is 1. The second-order valence-corrected chi connectivity index (χ2v) is 8.29. The second kappa shape index (κ2) is 11.3. The SMILES string of the molecule is C=CCc1ccccc1OCCn1c(CCCNC(=O)c2ccccc2C)nc2ccccc21. The van der Waals surface area contributed by atoms with Gasteiger partial charge in [0, 0.05) is 18.5 Å². The maximum atomic E-state index is 12.5. The Morgan fingerprint density at radius 1 is 1.06 bits per heavy atom. The van der Waals surface area contributed by atoms with Crippen molar-refractivity contribution < 1.29 is 9.53 Å². The highest BCUT2D eigenvalue weighted by molar-refractivity contribution is 5.95. The van der Waals surface area contributed by atoms with Gasteiger partial charge in [0.1, 0.15) is 18.2 Å². The van der Waals surface area contributed by atoms with Gasteiger partial charge in [-0.3, -0.25) is 4.79 Å². The van der Waals surface area contributed by atoms with Crippen LogP contribution in [0.5, 0.6) is 5.75 Å². The summed E-state index contributed by atoms with van der Waals surface area (Å²) in [6, 6.07) is 23.9. The van der Waals surface area contributed by atoms with Crippen molar-refractivity contribution in [2.75, 3.05) is 13.2 Å². The summed E-state index contributed by atoms with van der Waals surface area (Å²) in [6.07, 6.45) is 4.25. The van der Waals surface area contributed by atoms with Gasteiger partial charge in [-0.2, -0.15) is 0 Å². The van der Waals surface area contributed by atoms with Crippen LogP contribution in [0.1, 0.15) is 33.7 Å². The summed E-state index contributed by atoms with van der Waals surface area (Å²) in [7, 11) is 0. The Morgan fingerprint density at radius 2 is 1.82 bits per heavy atom. The van der Waals surface area contributed by atoms with Gasteiger partial charge < -0.3 is 14.6 Å². The van der Waals surface area contributed by atoms with Crippen LogP contribution in [0.2, 0.25) is 0 Å². The highest BCUT2D eigenvalue weighted by Crippen LogP contribution is 2.20. The van der Waals surface area contributed by atoms with Crippen LogP contribution in [-0.2, 0) is 19.4 Å². The van der Waals surface area contributed by atoms with Crippen LogP contribution in [0, 0.1) is 6.92 Å². The van der Waals surface area contributed by atoms with E-state index in [1.165, 1.54) is 0 Å². The Labute approximate surface area is 201 Å². The van der Waals surface area contributed by atoms with E-state index in [0.717, 1.165) is 58.6 Å². The maximum absolute atomic E-state index is 12.5. The summed E-state index contributed by atoms with van der Waals surface area (Å²) in [6.45, 7) is 7.64. The number of ether oxygens (including phenoxy) is 1. The van der Waals surface area contributed by atoms with Crippen LogP contribution in [0.4, 0.5) is 0 Å². The van der Waals surface area contributed by atoms with E-state index in [1.54, 1.807) is 0 Å². The highest BCUT2D eigenvalue weighted by Gasteiger charge is 2.12. The number of aromatic nitrogens is 2. The molecule has 0 radical (unpaired) electrons. The zero-order valence-electron chi connectivity index (χ0n) is 19.7. The molecule has 5 heteroatoms. The molecule has 1 amide bonds. The largest absolute Gasteiger partial charge is 0.491 e. The van der Waals surface area contributed by atoms with Crippen molar-refractivity contribution in [1.29, 1.82) is 0 Å². The number of allylic oxidation sites excluding steroid dienone is 1. The molecule has 3 aromatic carbocycles. The highest BCUT2D eigenvalue weighted by atomic mass is 16.5. The lowest BCUT2D eigenvalue weighted by Gasteiger charge is -2.13. The molecule has 4 aromatic rings. The molecule has 1 N–H and O–H groups in total. The Bertz CT molecular complexity index is 1280. The van der Waals surface area contributed by atoms with Gasteiger partial charge in [0.25, 0.3) is 5.91 Å². The molecule has 0 spiro atoms. The predicted molar refractivity (Wildman–Crippen MR) is 137 cm³/mol. The average Bonchev–Trinajstić information content (AvgIpc) is 3.20. The van der Waals surface area contributed by atoms with Gasteiger partial charge in [-0.05, 0) is 55.2 Å². The zero-order chi connectivity index (χ0) is 23.8. The molecule has 0 atom stereocenters. The molecule has 1 aromatic heterocycles. The van der Waals surface area contributed by atoms with Crippen molar-refractivity contribution in [2.45, 2.75) is 32.7 Å². The number of fused-ring (bicyclic) bond motifs is 1. The van der Waals surface area contributed by atoms with E-state index in [2.05, 4.69) is 28.6 Å². The maximum Gasteiger partial charge on any atom is 0.251 e. The van der Waals surface area contributed by atoms with Gasteiger partial charge >= 0.3 is 0 Å². The third-order valence-corrected chi connectivity index (χ3v) is 5.90. The minimum absolute atomic E-state index is 0.0295. The normalized spacial score (nSPS) is 10.9. The molecule has 174 valence electrons. The Kier molecular flexibility index (Phi) is 7.76. The number of hydrogen-bond acceptors (Lipinski definition) is 3. The lowest BCUT2D eigenvalue weighted by atomic mass is 10.1. The average molecular weight is 454 g/mol. The smallest absolute Gasteiger partial charge is 0.251 e. The fraction of sp³-hybridized carbons (Fsp3) is 0.241. The van der Waals surface area contributed by atoms with Crippen LogP contribution in [0.3, 0.4) is 0 Å². The molecule has 0 bridgehead atoms. The molecule has 0 aliphatic heterocycles. The molecular weight excluding hydrogens is 422 g/mol. The van der Waals surface area contributed by atoms with Crippen molar-refractivity contribution in [3.8, 4) is 5.75 Å². The van der Waals surface area contributed by atoms with E-state index in [9.17, 15) is 4.79 Å². The molecule has 0 unspecified atom stereocenters. The number of carbonyl (C=O) groups excluding carboxylic acids is 1. The van der Waals surface area contributed by atoms with E-state index < -0.39 is 0 Å². The number of imidazole rings is 1. The van der Waals surface area contributed by atoms with Gasteiger partial charge in [-0.25, -0.2) is 4.98 Å². The van der Waals surface area contributed by atoms with E-state index in [-0.39, 0.29) is 5.91 Å². The van der Waals surface area contributed by atoms with Crippen LogP contribution in [0.15, 0.2) is 85.5 Å². The van der Waals surface area contributed by atoms with Gasteiger partial charge in [-0.15, -0.1) is 6.58 Å². The number of benzene rings is 3. The minimum Gasteiger partial charge on any atom is -0.491 e. The number of aryl methyl sites for hydroxylation is 2. The summed E-state index contributed by atoms with van der Waals surface area (Å²) >= 11 is 0. The Balaban J connectivity index is 1.39.